The molecule has 1 aliphatic carbocycles. The predicted octanol–water partition coefficient (Wildman–Crippen LogP) is 1.83. The second-order valence-electron chi connectivity index (χ2n) is 4.52. The van der Waals surface area contributed by atoms with Gasteiger partial charge < -0.3 is 0 Å². The summed E-state index contributed by atoms with van der Waals surface area (Å²) in [6, 6.07) is 2.63. The Morgan fingerprint density at radius 2 is 2.25 bits per heavy atom. The molecule has 0 aromatic carbocycles. The quantitative estimate of drug-likeness (QED) is 0.842. The van der Waals surface area contributed by atoms with Gasteiger partial charge in [-0.2, -0.15) is 10.4 Å². The first-order valence-electron chi connectivity index (χ1n) is 5.86. The maximum absolute atomic E-state index is 9.22. The summed E-state index contributed by atoms with van der Waals surface area (Å²) in [5.41, 5.74) is 2.08. The molecule has 86 valence electrons. The molecule has 1 fully saturated rings. The first-order valence-corrected chi connectivity index (χ1v) is 5.86. The van der Waals surface area contributed by atoms with E-state index in [4.69, 9.17) is 0 Å². The predicted molar refractivity (Wildman–Crippen MR) is 61.7 cm³/mol. The third kappa shape index (κ3) is 2.10. The number of aryl methyl sites for hydroxylation is 1. The molecule has 1 atom stereocenters. The maximum atomic E-state index is 9.22. The van der Waals surface area contributed by atoms with Crippen LogP contribution in [0, 0.1) is 18.3 Å². The molecule has 1 aliphatic rings. The number of nitriles is 1. The van der Waals surface area contributed by atoms with E-state index in [-0.39, 0.29) is 6.04 Å². The molecular weight excluding hydrogens is 200 g/mol. The summed E-state index contributed by atoms with van der Waals surface area (Å²) in [6.45, 7) is 2.00. The van der Waals surface area contributed by atoms with E-state index in [1.807, 2.05) is 18.7 Å². The summed E-state index contributed by atoms with van der Waals surface area (Å²) in [6.07, 6.45) is 6.74. The van der Waals surface area contributed by atoms with Crippen molar-refractivity contribution in [3.8, 4) is 6.07 Å². The third-order valence-corrected chi connectivity index (χ3v) is 3.47. The molecule has 4 nitrogen and oxygen atoms in total. The van der Waals surface area contributed by atoms with Crippen molar-refractivity contribution in [1.29, 1.82) is 5.26 Å². The minimum atomic E-state index is -0.211. The van der Waals surface area contributed by atoms with Crippen LogP contribution in [0.1, 0.15) is 43.0 Å². The normalized spacial score (nSPS) is 18.6. The molecule has 1 unspecified atom stereocenters. The smallest absolute Gasteiger partial charge is 0.124 e. The monoisotopic (exact) mass is 218 g/mol. The Bertz CT molecular complexity index is 396. The van der Waals surface area contributed by atoms with Gasteiger partial charge in [0.05, 0.1) is 12.3 Å². The van der Waals surface area contributed by atoms with E-state index in [1.165, 1.54) is 25.7 Å². The molecule has 1 aromatic rings. The first kappa shape index (κ1) is 11.2. The Kier molecular flexibility index (Phi) is 3.25. The van der Waals surface area contributed by atoms with E-state index in [1.54, 1.807) is 6.20 Å². The highest BCUT2D eigenvalue weighted by Gasteiger charge is 2.22. The summed E-state index contributed by atoms with van der Waals surface area (Å²) < 4.78 is 1.82. The first-order chi connectivity index (χ1) is 7.72. The summed E-state index contributed by atoms with van der Waals surface area (Å²) in [4.78, 5) is 0. The van der Waals surface area contributed by atoms with Crippen LogP contribution in [0.15, 0.2) is 6.20 Å². The molecule has 16 heavy (non-hydrogen) atoms. The van der Waals surface area contributed by atoms with Crippen molar-refractivity contribution in [2.24, 2.45) is 7.05 Å². The van der Waals surface area contributed by atoms with Gasteiger partial charge in [-0.1, -0.05) is 12.8 Å². The molecule has 0 aliphatic heterocycles. The zero-order valence-corrected chi connectivity index (χ0v) is 9.90. The van der Waals surface area contributed by atoms with Gasteiger partial charge in [0.25, 0.3) is 0 Å². The van der Waals surface area contributed by atoms with E-state index < -0.39 is 0 Å². The highest BCUT2D eigenvalue weighted by Crippen LogP contribution is 2.23. The van der Waals surface area contributed by atoms with E-state index in [2.05, 4.69) is 16.5 Å². The van der Waals surface area contributed by atoms with Gasteiger partial charge in [0, 0.05) is 24.3 Å². The maximum Gasteiger partial charge on any atom is 0.124 e. The second kappa shape index (κ2) is 4.67. The minimum Gasteiger partial charge on any atom is -0.295 e. The highest BCUT2D eigenvalue weighted by molar-refractivity contribution is 5.25. The molecule has 0 saturated heterocycles. The van der Waals surface area contributed by atoms with Crippen molar-refractivity contribution in [2.75, 3.05) is 0 Å². The topological polar surface area (TPSA) is 53.6 Å². The molecule has 2 rings (SSSR count). The molecular formula is C12H18N4. The number of aromatic nitrogens is 2. The minimum absolute atomic E-state index is 0.211. The molecule has 0 amide bonds. The van der Waals surface area contributed by atoms with Crippen LogP contribution in [0.25, 0.3) is 0 Å². The van der Waals surface area contributed by atoms with Crippen LogP contribution >= 0.6 is 0 Å². The van der Waals surface area contributed by atoms with E-state index in [0.717, 1.165) is 11.3 Å². The molecule has 0 radical (unpaired) electrons. The van der Waals surface area contributed by atoms with Gasteiger partial charge in [-0.3, -0.25) is 10.00 Å². The fourth-order valence-corrected chi connectivity index (χ4v) is 2.32. The molecule has 0 bridgehead atoms. The summed E-state index contributed by atoms with van der Waals surface area (Å²) in [7, 11) is 1.91. The van der Waals surface area contributed by atoms with Crippen LogP contribution < -0.4 is 5.32 Å². The number of nitrogens with one attached hydrogen (secondary N) is 1. The Labute approximate surface area is 96.3 Å². The van der Waals surface area contributed by atoms with Crippen molar-refractivity contribution >= 4 is 0 Å². The number of hydrogen-bond acceptors (Lipinski definition) is 3. The zero-order chi connectivity index (χ0) is 11.5. The van der Waals surface area contributed by atoms with Gasteiger partial charge in [-0.15, -0.1) is 0 Å². The third-order valence-electron chi connectivity index (χ3n) is 3.47. The van der Waals surface area contributed by atoms with E-state index in [9.17, 15) is 5.26 Å². The van der Waals surface area contributed by atoms with Crippen molar-refractivity contribution in [3.05, 3.63) is 17.5 Å². The second-order valence-corrected chi connectivity index (χ2v) is 4.52. The summed E-state index contributed by atoms with van der Waals surface area (Å²) >= 11 is 0. The van der Waals surface area contributed by atoms with Gasteiger partial charge in [0.15, 0.2) is 0 Å². The van der Waals surface area contributed by atoms with Crippen LogP contribution in [0.2, 0.25) is 0 Å². The summed E-state index contributed by atoms with van der Waals surface area (Å²) in [5.74, 6) is 0. The number of hydrogen-bond donors (Lipinski definition) is 1. The van der Waals surface area contributed by atoms with Crippen LogP contribution in [0.3, 0.4) is 0 Å². The van der Waals surface area contributed by atoms with Crippen molar-refractivity contribution in [2.45, 2.75) is 44.7 Å². The lowest BCUT2D eigenvalue weighted by molar-refractivity contribution is 0.491. The number of rotatable bonds is 3. The Morgan fingerprint density at radius 3 is 2.75 bits per heavy atom. The van der Waals surface area contributed by atoms with E-state index in [0.29, 0.717) is 6.04 Å². The SMILES string of the molecule is Cc1c(C(C#N)NC2CCCC2)cnn1C. The Hall–Kier alpha value is -1.34. The number of nitrogens with zero attached hydrogens (tertiary/aromatic N) is 3. The Balaban J connectivity index is 2.10. The molecule has 1 N–H and O–H groups in total. The van der Waals surface area contributed by atoms with Crippen molar-refractivity contribution < 1.29 is 0 Å². The van der Waals surface area contributed by atoms with E-state index >= 15 is 0 Å². The zero-order valence-electron chi connectivity index (χ0n) is 9.90. The largest absolute Gasteiger partial charge is 0.295 e. The average Bonchev–Trinajstić information content (AvgIpc) is 2.88. The van der Waals surface area contributed by atoms with Crippen LogP contribution in [0.5, 0.6) is 0 Å². The lowest BCUT2D eigenvalue weighted by atomic mass is 10.1. The van der Waals surface area contributed by atoms with Gasteiger partial charge in [-0.05, 0) is 19.8 Å². The van der Waals surface area contributed by atoms with Gasteiger partial charge in [0.1, 0.15) is 6.04 Å². The molecule has 1 aromatic heterocycles. The molecule has 4 heteroatoms. The van der Waals surface area contributed by atoms with Crippen LogP contribution in [-0.2, 0) is 7.05 Å². The van der Waals surface area contributed by atoms with Gasteiger partial charge in [-0.25, -0.2) is 0 Å². The molecule has 1 heterocycles. The summed E-state index contributed by atoms with van der Waals surface area (Å²) in [5, 5.41) is 16.8. The highest BCUT2D eigenvalue weighted by atomic mass is 15.3. The standard InChI is InChI=1S/C12H18N4/c1-9-11(8-14-16(9)2)12(7-13)15-10-5-3-4-6-10/h8,10,12,15H,3-6H2,1-2H3. The van der Waals surface area contributed by atoms with Crippen molar-refractivity contribution in [1.82, 2.24) is 15.1 Å². The van der Waals surface area contributed by atoms with Gasteiger partial charge in [0.2, 0.25) is 0 Å². The van der Waals surface area contributed by atoms with Crippen LogP contribution in [0.4, 0.5) is 0 Å². The van der Waals surface area contributed by atoms with Gasteiger partial charge >= 0.3 is 0 Å². The lowest BCUT2D eigenvalue weighted by Crippen LogP contribution is -2.30. The van der Waals surface area contributed by atoms with Crippen molar-refractivity contribution in [3.63, 3.8) is 0 Å². The molecule has 1 saturated carbocycles. The average molecular weight is 218 g/mol. The molecule has 0 spiro atoms. The Morgan fingerprint density at radius 1 is 1.56 bits per heavy atom. The van der Waals surface area contributed by atoms with Crippen LogP contribution in [-0.4, -0.2) is 15.8 Å². The fraction of sp³-hybridized carbons (Fsp3) is 0.667. The fourth-order valence-electron chi connectivity index (χ4n) is 2.32. The lowest BCUT2D eigenvalue weighted by Gasteiger charge is -2.16.